The predicted molar refractivity (Wildman–Crippen MR) is 70.2 cm³/mol. The van der Waals surface area contributed by atoms with Crippen LogP contribution in [0.4, 0.5) is 0 Å². The molecular weight excluding hydrogens is 224 g/mol. The van der Waals surface area contributed by atoms with Crippen LogP contribution in [-0.4, -0.2) is 29.3 Å². The molecule has 0 radical (unpaired) electrons. The number of rotatable bonds is 6. The number of nitrogens with zero attached hydrogens (tertiary/aromatic N) is 2. The first-order valence-electron chi connectivity index (χ1n) is 6.46. The molecule has 0 N–H and O–H groups in total. The molecule has 1 unspecified atom stereocenters. The Bertz CT molecular complexity index is 445. The van der Waals surface area contributed by atoms with Crippen LogP contribution in [0, 0.1) is 11.3 Å². The smallest absolute Gasteiger partial charge is 0.179 e. The fourth-order valence-electron chi connectivity index (χ4n) is 2.27. The van der Waals surface area contributed by atoms with E-state index in [1.54, 1.807) is 0 Å². The molecule has 2 rings (SSSR count). The van der Waals surface area contributed by atoms with E-state index in [2.05, 4.69) is 11.0 Å². The normalized spacial score (nSPS) is 16.3. The van der Waals surface area contributed by atoms with Gasteiger partial charge in [0.15, 0.2) is 5.78 Å². The van der Waals surface area contributed by atoms with E-state index in [1.165, 1.54) is 0 Å². The first-order valence-corrected chi connectivity index (χ1v) is 6.46. The lowest BCUT2D eigenvalue weighted by Gasteiger charge is -2.27. The van der Waals surface area contributed by atoms with Gasteiger partial charge in [0.1, 0.15) is 0 Å². The number of ketones is 1. The average Bonchev–Trinajstić information content (AvgIpc) is 3.24. The Kier molecular flexibility index (Phi) is 4.11. The van der Waals surface area contributed by atoms with Crippen molar-refractivity contribution in [2.75, 3.05) is 6.54 Å². The first kappa shape index (κ1) is 12.8. The van der Waals surface area contributed by atoms with Gasteiger partial charge in [-0.2, -0.15) is 5.26 Å². The Hall–Kier alpha value is -1.66. The third-order valence-electron chi connectivity index (χ3n) is 3.43. The minimum atomic E-state index is -0.131. The first-order chi connectivity index (χ1) is 8.74. The summed E-state index contributed by atoms with van der Waals surface area (Å²) < 4.78 is 0. The molecule has 0 spiro atoms. The molecule has 1 aromatic carbocycles. The highest BCUT2D eigenvalue weighted by atomic mass is 16.1. The van der Waals surface area contributed by atoms with Crippen LogP contribution in [0.3, 0.4) is 0 Å². The van der Waals surface area contributed by atoms with Crippen molar-refractivity contribution in [1.29, 1.82) is 5.26 Å². The number of hydrogen-bond acceptors (Lipinski definition) is 3. The molecule has 1 aliphatic carbocycles. The Morgan fingerprint density at radius 1 is 1.44 bits per heavy atom. The molecule has 0 aromatic heterocycles. The monoisotopic (exact) mass is 242 g/mol. The number of hydrogen-bond donors (Lipinski definition) is 0. The summed E-state index contributed by atoms with van der Waals surface area (Å²) in [4.78, 5) is 14.5. The van der Waals surface area contributed by atoms with E-state index in [0.29, 0.717) is 19.0 Å². The Labute approximate surface area is 108 Å². The van der Waals surface area contributed by atoms with Gasteiger partial charge in [-0.1, -0.05) is 30.3 Å². The fourth-order valence-corrected chi connectivity index (χ4v) is 2.27. The van der Waals surface area contributed by atoms with E-state index in [0.717, 1.165) is 18.4 Å². The maximum atomic E-state index is 12.4. The van der Waals surface area contributed by atoms with Crippen molar-refractivity contribution in [3.63, 3.8) is 0 Å². The maximum Gasteiger partial charge on any atom is 0.179 e. The molecule has 0 aliphatic heterocycles. The van der Waals surface area contributed by atoms with Crippen molar-refractivity contribution < 1.29 is 4.79 Å². The molecule has 0 bridgehead atoms. The van der Waals surface area contributed by atoms with Gasteiger partial charge in [0.2, 0.25) is 0 Å². The van der Waals surface area contributed by atoms with Crippen LogP contribution >= 0.6 is 0 Å². The summed E-state index contributed by atoms with van der Waals surface area (Å²) in [6, 6.07) is 11.9. The van der Waals surface area contributed by atoms with E-state index in [9.17, 15) is 4.79 Å². The van der Waals surface area contributed by atoms with Crippen LogP contribution in [0.15, 0.2) is 30.3 Å². The van der Waals surface area contributed by atoms with Crippen LogP contribution in [0.2, 0.25) is 0 Å². The van der Waals surface area contributed by atoms with Crippen molar-refractivity contribution in [2.45, 2.75) is 38.3 Å². The van der Waals surface area contributed by atoms with Crippen molar-refractivity contribution in [3.05, 3.63) is 35.9 Å². The fraction of sp³-hybridized carbons (Fsp3) is 0.467. The largest absolute Gasteiger partial charge is 0.292 e. The van der Waals surface area contributed by atoms with Gasteiger partial charge in [-0.05, 0) is 19.8 Å². The van der Waals surface area contributed by atoms with Crippen molar-refractivity contribution in [1.82, 2.24) is 4.90 Å². The second-order valence-corrected chi connectivity index (χ2v) is 4.78. The Balaban J connectivity index is 2.06. The molecule has 0 amide bonds. The summed E-state index contributed by atoms with van der Waals surface area (Å²) in [5.41, 5.74) is 0.757. The molecule has 3 nitrogen and oxygen atoms in total. The highest BCUT2D eigenvalue weighted by molar-refractivity contribution is 5.99. The van der Waals surface area contributed by atoms with Crippen LogP contribution < -0.4 is 0 Å². The van der Waals surface area contributed by atoms with Crippen molar-refractivity contribution in [3.8, 4) is 6.07 Å². The summed E-state index contributed by atoms with van der Waals surface area (Å²) in [7, 11) is 0. The Morgan fingerprint density at radius 2 is 2.11 bits per heavy atom. The summed E-state index contributed by atoms with van der Waals surface area (Å²) in [6.07, 6.45) is 2.79. The minimum Gasteiger partial charge on any atom is -0.292 e. The zero-order chi connectivity index (χ0) is 13.0. The number of carbonyl (C=O) groups is 1. The number of benzene rings is 1. The van der Waals surface area contributed by atoms with Gasteiger partial charge < -0.3 is 0 Å². The maximum absolute atomic E-state index is 12.4. The van der Waals surface area contributed by atoms with Crippen molar-refractivity contribution in [2.24, 2.45) is 0 Å². The summed E-state index contributed by atoms with van der Waals surface area (Å²) in [5, 5.41) is 8.69. The minimum absolute atomic E-state index is 0.131. The lowest BCUT2D eigenvalue weighted by Crippen LogP contribution is -2.41. The quantitative estimate of drug-likeness (QED) is 0.720. The number of Topliss-reactive ketones (excluding diaryl/α,β-unsaturated/α-hetero) is 1. The second kappa shape index (κ2) is 5.79. The summed E-state index contributed by atoms with van der Waals surface area (Å²) >= 11 is 0. The van der Waals surface area contributed by atoms with Gasteiger partial charge in [0, 0.05) is 24.6 Å². The highest BCUT2D eigenvalue weighted by Gasteiger charge is 2.34. The lowest BCUT2D eigenvalue weighted by molar-refractivity contribution is 0.0829. The van der Waals surface area contributed by atoms with Gasteiger partial charge in [0.25, 0.3) is 0 Å². The molecule has 0 heterocycles. The van der Waals surface area contributed by atoms with E-state index in [4.69, 9.17) is 5.26 Å². The van der Waals surface area contributed by atoms with Gasteiger partial charge in [0.05, 0.1) is 12.1 Å². The molecule has 1 fully saturated rings. The van der Waals surface area contributed by atoms with Gasteiger partial charge >= 0.3 is 0 Å². The molecule has 1 saturated carbocycles. The van der Waals surface area contributed by atoms with E-state index in [-0.39, 0.29) is 11.8 Å². The zero-order valence-electron chi connectivity index (χ0n) is 10.7. The predicted octanol–water partition coefficient (Wildman–Crippen LogP) is 2.64. The van der Waals surface area contributed by atoms with Crippen LogP contribution in [0.25, 0.3) is 0 Å². The molecule has 3 heteroatoms. The SMILES string of the molecule is CC(C(=O)c1ccccc1)N(CCC#N)C1CC1. The topological polar surface area (TPSA) is 44.1 Å². The third kappa shape index (κ3) is 2.96. The number of nitriles is 1. The summed E-state index contributed by atoms with van der Waals surface area (Å²) in [5.74, 6) is 0.153. The standard InChI is InChI=1S/C15H18N2O/c1-12(15(18)13-6-3-2-4-7-13)17(11-5-10-16)14-8-9-14/h2-4,6-7,12,14H,5,8-9,11H2,1H3. The van der Waals surface area contributed by atoms with E-state index in [1.807, 2.05) is 37.3 Å². The molecule has 18 heavy (non-hydrogen) atoms. The van der Waals surface area contributed by atoms with Crippen LogP contribution in [-0.2, 0) is 0 Å². The molecule has 1 aliphatic rings. The molecule has 1 atom stereocenters. The molecule has 1 aromatic rings. The van der Waals surface area contributed by atoms with Gasteiger partial charge in [-0.15, -0.1) is 0 Å². The molecule has 94 valence electrons. The average molecular weight is 242 g/mol. The van der Waals surface area contributed by atoms with E-state index < -0.39 is 0 Å². The van der Waals surface area contributed by atoms with Crippen molar-refractivity contribution >= 4 is 5.78 Å². The number of carbonyl (C=O) groups excluding carboxylic acids is 1. The van der Waals surface area contributed by atoms with Gasteiger partial charge in [-0.25, -0.2) is 0 Å². The Morgan fingerprint density at radius 3 is 2.67 bits per heavy atom. The molecule has 0 saturated heterocycles. The second-order valence-electron chi connectivity index (χ2n) is 4.78. The van der Waals surface area contributed by atoms with Crippen LogP contribution in [0.1, 0.15) is 36.5 Å². The lowest BCUT2D eigenvalue weighted by atomic mass is 10.0. The van der Waals surface area contributed by atoms with Gasteiger partial charge in [-0.3, -0.25) is 9.69 Å². The van der Waals surface area contributed by atoms with Crippen LogP contribution in [0.5, 0.6) is 0 Å². The highest BCUT2D eigenvalue weighted by Crippen LogP contribution is 2.29. The third-order valence-corrected chi connectivity index (χ3v) is 3.43. The molecular formula is C15H18N2O. The summed E-state index contributed by atoms with van der Waals surface area (Å²) in [6.45, 7) is 2.64. The zero-order valence-corrected chi connectivity index (χ0v) is 10.7. The van der Waals surface area contributed by atoms with E-state index >= 15 is 0 Å².